The summed E-state index contributed by atoms with van der Waals surface area (Å²) in [6, 6.07) is 0. The molecule has 2 amide bonds. The van der Waals surface area contributed by atoms with Gasteiger partial charge in [0.25, 0.3) is 0 Å². The number of carbonyl (C=O) groups is 2. The first kappa shape index (κ1) is 12.0. The molecule has 0 unspecified atom stereocenters. The molecule has 4 heteroatoms. The Kier molecular flexibility index (Phi) is 4.12. The molecule has 1 heterocycles. The lowest BCUT2D eigenvalue weighted by molar-refractivity contribution is -0.141. The van der Waals surface area contributed by atoms with Crippen LogP contribution >= 0.6 is 0 Å². The first-order valence-electron chi connectivity index (χ1n) is 5.54. The molecule has 0 aliphatic carbocycles. The van der Waals surface area contributed by atoms with E-state index in [1.807, 2.05) is 0 Å². The maximum absolute atomic E-state index is 11.5. The summed E-state index contributed by atoms with van der Waals surface area (Å²) >= 11 is 0. The molecule has 0 atom stereocenters. The molecule has 1 saturated heterocycles. The quantitative estimate of drug-likeness (QED) is 0.743. The Bertz CT molecular complexity index is 245. The van der Waals surface area contributed by atoms with E-state index in [-0.39, 0.29) is 17.7 Å². The van der Waals surface area contributed by atoms with E-state index in [4.69, 9.17) is 0 Å². The van der Waals surface area contributed by atoms with Crippen LogP contribution in [0.2, 0.25) is 0 Å². The van der Waals surface area contributed by atoms with Crippen molar-refractivity contribution in [1.82, 2.24) is 10.2 Å². The van der Waals surface area contributed by atoms with Crippen molar-refractivity contribution in [1.29, 1.82) is 0 Å². The maximum atomic E-state index is 11.5. The number of amides is 2. The monoisotopic (exact) mass is 212 g/mol. The number of hydrogen-bond donors (Lipinski definition) is 1. The molecule has 1 aliphatic heterocycles. The van der Waals surface area contributed by atoms with Crippen molar-refractivity contribution in [3.05, 3.63) is 0 Å². The molecule has 0 spiro atoms. The Morgan fingerprint density at radius 1 is 1.40 bits per heavy atom. The van der Waals surface area contributed by atoms with Gasteiger partial charge in [-0.05, 0) is 12.3 Å². The topological polar surface area (TPSA) is 49.4 Å². The summed E-state index contributed by atoms with van der Waals surface area (Å²) in [5, 5.41) is 2.90. The third kappa shape index (κ3) is 3.53. The average molecular weight is 212 g/mol. The second-order valence-corrected chi connectivity index (χ2v) is 4.59. The van der Waals surface area contributed by atoms with Gasteiger partial charge in [-0.3, -0.25) is 9.59 Å². The van der Waals surface area contributed by atoms with Crippen LogP contribution in [0.4, 0.5) is 0 Å². The van der Waals surface area contributed by atoms with Crippen LogP contribution in [-0.2, 0) is 9.59 Å². The molecule has 4 nitrogen and oxygen atoms in total. The molecular weight excluding hydrogens is 192 g/mol. The molecule has 0 radical (unpaired) electrons. The Morgan fingerprint density at radius 2 is 2.00 bits per heavy atom. The van der Waals surface area contributed by atoms with Gasteiger partial charge in [0.15, 0.2) is 0 Å². The highest BCUT2D eigenvalue weighted by atomic mass is 16.2. The molecule has 1 aliphatic rings. The van der Waals surface area contributed by atoms with E-state index >= 15 is 0 Å². The minimum Gasteiger partial charge on any atom is -0.356 e. The van der Waals surface area contributed by atoms with Gasteiger partial charge in [-0.25, -0.2) is 0 Å². The van der Waals surface area contributed by atoms with E-state index in [0.717, 1.165) is 13.0 Å². The van der Waals surface area contributed by atoms with Crippen molar-refractivity contribution in [3.8, 4) is 0 Å². The predicted molar refractivity (Wildman–Crippen MR) is 58.2 cm³/mol. The highest BCUT2D eigenvalue weighted by molar-refractivity contribution is 5.83. The van der Waals surface area contributed by atoms with Crippen LogP contribution in [-0.4, -0.2) is 36.3 Å². The van der Waals surface area contributed by atoms with Crippen LogP contribution in [0.15, 0.2) is 0 Å². The highest BCUT2D eigenvalue weighted by Crippen LogP contribution is 2.15. The number of hydrogen-bond acceptors (Lipinski definition) is 2. The molecule has 1 rings (SSSR count). The summed E-state index contributed by atoms with van der Waals surface area (Å²) in [5.74, 6) is 0.774. The molecule has 1 fully saturated rings. The fraction of sp³-hybridized carbons (Fsp3) is 0.818. The largest absolute Gasteiger partial charge is 0.356 e. The minimum atomic E-state index is 0.0149. The summed E-state index contributed by atoms with van der Waals surface area (Å²) in [7, 11) is 0. The molecule has 0 aromatic carbocycles. The number of nitrogens with one attached hydrogen (secondary N) is 1. The zero-order valence-corrected chi connectivity index (χ0v) is 9.75. The van der Waals surface area contributed by atoms with Crippen LogP contribution in [0, 0.1) is 11.8 Å². The summed E-state index contributed by atoms with van der Waals surface area (Å²) in [4.78, 5) is 24.1. The Hall–Kier alpha value is -1.06. The Morgan fingerprint density at radius 3 is 2.47 bits per heavy atom. The first-order valence-corrected chi connectivity index (χ1v) is 5.54. The zero-order chi connectivity index (χ0) is 11.4. The Balaban J connectivity index is 2.13. The highest BCUT2D eigenvalue weighted by Gasteiger charge is 2.33. The second kappa shape index (κ2) is 5.14. The van der Waals surface area contributed by atoms with E-state index in [2.05, 4.69) is 19.2 Å². The summed E-state index contributed by atoms with van der Waals surface area (Å²) in [5.41, 5.74) is 0. The van der Waals surface area contributed by atoms with E-state index in [9.17, 15) is 9.59 Å². The van der Waals surface area contributed by atoms with Crippen molar-refractivity contribution in [3.63, 3.8) is 0 Å². The van der Waals surface area contributed by atoms with Gasteiger partial charge in [-0.15, -0.1) is 0 Å². The van der Waals surface area contributed by atoms with Crippen molar-refractivity contribution >= 4 is 11.8 Å². The van der Waals surface area contributed by atoms with E-state index in [1.165, 1.54) is 6.92 Å². The van der Waals surface area contributed by atoms with Crippen LogP contribution in [0.5, 0.6) is 0 Å². The third-order valence-electron chi connectivity index (χ3n) is 2.72. The van der Waals surface area contributed by atoms with Gasteiger partial charge in [0.1, 0.15) is 0 Å². The SMILES string of the molecule is CC(=O)N1CC(C(=O)NCCC(C)C)C1. The summed E-state index contributed by atoms with van der Waals surface area (Å²) in [6.45, 7) is 7.71. The lowest BCUT2D eigenvalue weighted by Crippen LogP contribution is -2.55. The van der Waals surface area contributed by atoms with Crippen LogP contribution in [0.1, 0.15) is 27.2 Å². The lowest BCUT2D eigenvalue weighted by atomic mass is 9.99. The van der Waals surface area contributed by atoms with Gasteiger partial charge in [0.05, 0.1) is 5.92 Å². The standard InChI is InChI=1S/C11H20N2O2/c1-8(2)4-5-12-11(15)10-6-13(7-10)9(3)14/h8,10H,4-7H2,1-3H3,(H,12,15). The van der Waals surface area contributed by atoms with E-state index in [0.29, 0.717) is 19.0 Å². The predicted octanol–water partition coefficient (Wildman–Crippen LogP) is 0.627. The number of nitrogens with zero attached hydrogens (tertiary/aromatic N) is 1. The van der Waals surface area contributed by atoms with E-state index < -0.39 is 0 Å². The van der Waals surface area contributed by atoms with Gasteiger partial charge in [0.2, 0.25) is 11.8 Å². The van der Waals surface area contributed by atoms with Gasteiger partial charge >= 0.3 is 0 Å². The summed E-state index contributed by atoms with van der Waals surface area (Å²) in [6.07, 6.45) is 1.01. The normalized spacial score (nSPS) is 16.4. The number of carbonyl (C=O) groups excluding carboxylic acids is 2. The van der Waals surface area contributed by atoms with Crippen molar-refractivity contribution in [2.75, 3.05) is 19.6 Å². The second-order valence-electron chi connectivity index (χ2n) is 4.59. The van der Waals surface area contributed by atoms with Gasteiger partial charge in [-0.2, -0.15) is 0 Å². The molecule has 86 valence electrons. The fourth-order valence-electron chi connectivity index (χ4n) is 1.53. The molecular formula is C11H20N2O2. The maximum Gasteiger partial charge on any atom is 0.226 e. The minimum absolute atomic E-state index is 0.0149. The van der Waals surface area contributed by atoms with Gasteiger partial charge < -0.3 is 10.2 Å². The van der Waals surface area contributed by atoms with Crippen molar-refractivity contribution in [2.24, 2.45) is 11.8 Å². The smallest absolute Gasteiger partial charge is 0.226 e. The van der Waals surface area contributed by atoms with E-state index in [1.54, 1.807) is 4.90 Å². The zero-order valence-electron chi connectivity index (χ0n) is 9.75. The summed E-state index contributed by atoms with van der Waals surface area (Å²) < 4.78 is 0. The van der Waals surface area contributed by atoms with Crippen LogP contribution in [0.25, 0.3) is 0 Å². The molecule has 0 saturated carbocycles. The molecule has 0 bridgehead atoms. The average Bonchev–Trinajstić information content (AvgIpc) is 1.99. The van der Waals surface area contributed by atoms with Crippen LogP contribution in [0.3, 0.4) is 0 Å². The third-order valence-corrected chi connectivity index (χ3v) is 2.72. The molecule has 15 heavy (non-hydrogen) atoms. The van der Waals surface area contributed by atoms with Crippen LogP contribution < -0.4 is 5.32 Å². The van der Waals surface area contributed by atoms with Gasteiger partial charge in [0, 0.05) is 26.6 Å². The van der Waals surface area contributed by atoms with Gasteiger partial charge in [-0.1, -0.05) is 13.8 Å². The molecule has 0 aromatic rings. The number of likely N-dealkylation sites (tertiary alicyclic amines) is 1. The number of rotatable bonds is 4. The fourth-order valence-corrected chi connectivity index (χ4v) is 1.53. The van der Waals surface area contributed by atoms with Crippen molar-refractivity contribution in [2.45, 2.75) is 27.2 Å². The lowest BCUT2D eigenvalue weighted by Gasteiger charge is -2.37. The first-order chi connectivity index (χ1) is 7.00. The molecule has 0 aromatic heterocycles. The Labute approximate surface area is 91.0 Å². The molecule has 1 N–H and O–H groups in total. The van der Waals surface area contributed by atoms with Crippen molar-refractivity contribution < 1.29 is 9.59 Å².